The summed E-state index contributed by atoms with van der Waals surface area (Å²) in [6, 6.07) is 15.2. The first-order chi connectivity index (χ1) is 11.1. The lowest BCUT2D eigenvalue weighted by molar-refractivity contribution is -0.117. The number of anilines is 2. The summed E-state index contributed by atoms with van der Waals surface area (Å²) in [5.41, 5.74) is 3.42. The van der Waals surface area contributed by atoms with E-state index in [4.69, 9.17) is 0 Å². The molecule has 2 aromatic carbocycles. The number of amides is 2. The van der Waals surface area contributed by atoms with Crippen molar-refractivity contribution < 1.29 is 9.59 Å². The van der Waals surface area contributed by atoms with Crippen molar-refractivity contribution >= 4 is 23.2 Å². The molecule has 1 aliphatic rings. The molecule has 4 nitrogen and oxygen atoms in total. The summed E-state index contributed by atoms with van der Waals surface area (Å²) in [6.07, 6.45) is 2.27. The lowest BCUT2D eigenvalue weighted by Crippen LogP contribution is -2.16. The zero-order valence-corrected chi connectivity index (χ0v) is 13.1. The van der Waals surface area contributed by atoms with Crippen LogP contribution in [0.5, 0.6) is 0 Å². The largest absolute Gasteiger partial charge is 0.326 e. The normalized spacial score (nSPS) is 13.4. The van der Waals surface area contributed by atoms with Gasteiger partial charge in [0.25, 0.3) is 0 Å². The minimum absolute atomic E-state index is 0.0699. The predicted molar refractivity (Wildman–Crippen MR) is 91.3 cm³/mol. The second kappa shape index (κ2) is 6.65. The molecular weight excluding hydrogens is 288 g/mol. The summed E-state index contributed by atoms with van der Waals surface area (Å²) in [6.45, 7) is 1.94. The monoisotopic (exact) mass is 308 g/mol. The van der Waals surface area contributed by atoms with E-state index in [1.54, 1.807) is 0 Å². The maximum absolute atomic E-state index is 12.1. The van der Waals surface area contributed by atoms with Gasteiger partial charge in [-0.25, -0.2) is 0 Å². The Morgan fingerprint density at radius 1 is 1.04 bits per heavy atom. The van der Waals surface area contributed by atoms with Crippen LogP contribution in [0, 0.1) is 12.8 Å². The van der Waals surface area contributed by atoms with Gasteiger partial charge in [0.2, 0.25) is 11.8 Å². The molecule has 0 aliphatic heterocycles. The quantitative estimate of drug-likeness (QED) is 0.888. The summed E-state index contributed by atoms with van der Waals surface area (Å²) in [7, 11) is 0. The second-order valence-electron chi connectivity index (χ2n) is 6.00. The number of benzene rings is 2. The number of nitrogens with one attached hydrogen (secondary N) is 2. The standard InChI is InChI=1S/C19H20N2O2/c1-13-7-10-16(12-17(13)21-19(23)15-8-9-15)20-18(22)11-14-5-3-2-4-6-14/h2-7,10,12,15H,8-9,11H2,1H3,(H,20,22)(H,21,23). The van der Waals surface area contributed by atoms with E-state index in [-0.39, 0.29) is 17.7 Å². The second-order valence-corrected chi connectivity index (χ2v) is 6.00. The number of carbonyl (C=O) groups is 2. The van der Waals surface area contributed by atoms with Gasteiger partial charge in [0.05, 0.1) is 6.42 Å². The van der Waals surface area contributed by atoms with Crippen LogP contribution in [-0.4, -0.2) is 11.8 Å². The van der Waals surface area contributed by atoms with Gasteiger partial charge in [-0.15, -0.1) is 0 Å². The van der Waals surface area contributed by atoms with Crippen molar-refractivity contribution in [3.8, 4) is 0 Å². The molecule has 23 heavy (non-hydrogen) atoms. The predicted octanol–water partition coefficient (Wildman–Crippen LogP) is 3.52. The Hall–Kier alpha value is -2.62. The maximum atomic E-state index is 12.1. The fourth-order valence-electron chi connectivity index (χ4n) is 2.40. The van der Waals surface area contributed by atoms with E-state index in [1.165, 1.54) is 0 Å². The van der Waals surface area contributed by atoms with Crippen LogP contribution in [0.3, 0.4) is 0 Å². The molecule has 118 valence electrons. The van der Waals surface area contributed by atoms with E-state index >= 15 is 0 Å². The van der Waals surface area contributed by atoms with Crippen molar-refractivity contribution in [2.75, 3.05) is 10.6 Å². The molecule has 0 bridgehead atoms. The molecule has 0 atom stereocenters. The van der Waals surface area contributed by atoms with Crippen molar-refractivity contribution in [1.82, 2.24) is 0 Å². The fourth-order valence-corrected chi connectivity index (χ4v) is 2.40. The highest BCUT2D eigenvalue weighted by molar-refractivity contribution is 5.97. The van der Waals surface area contributed by atoms with E-state index in [2.05, 4.69) is 10.6 Å². The van der Waals surface area contributed by atoms with Crippen LogP contribution in [0.15, 0.2) is 48.5 Å². The molecule has 2 N–H and O–H groups in total. The molecule has 0 aromatic heterocycles. The number of aryl methyl sites for hydroxylation is 1. The van der Waals surface area contributed by atoms with Gasteiger partial charge >= 0.3 is 0 Å². The van der Waals surface area contributed by atoms with E-state index < -0.39 is 0 Å². The Balaban J connectivity index is 1.65. The molecular formula is C19H20N2O2. The number of hydrogen-bond donors (Lipinski definition) is 2. The molecule has 1 saturated carbocycles. The molecule has 3 rings (SSSR count). The first kappa shape index (κ1) is 15.3. The number of carbonyl (C=O) groups excluding carboxylic acids is 2. The summed E-state index contributed by atoms with van der Waals surface area (Å²) in [5, 5.41) is 5.83. The first-order valence-corrected chi connectivity index (χ1v) is 7.87. The lowest BCUT2D eigenvalue weighted by Gasteiger charge is -2.11. The van der Waals surface area contributed by atoms with E-state index in [0.29, 0.717) is 12.1 Å². The molecule has 2 aromatic rings. The van der Waals surface area contributed by atoms with Crippen LogP contribution in [0.2, 0.25) is 0 Å². The van der Waals surface area contributed by atoms with Crippen LogP contribution in [0.1, 0.15) is 24.0 Å². The SMILES string of the molecule is Cc1ccc(NC(=O)Cc2ccccc2)cc1NC(=O)C1CC1. The highest BCUT2D eigenvalue weighted by atomic mass is 16.2. The molecule has 0 unspecified atom stereocenters. The Morgan fingerprint density at radius 2 is 1.78 bits per heavy atom. The Bertz CT molecular complexity index is 721. The summed E-state index contributed by atoms with van der Waals surface area (Å²) in [5.74, 6) is 0.158. The third-order valence-electron chi connectivity index (χ3n) is 3.93. The maximum Gasteiger partial charge on any atom is 0.228 e. The third kappa shape index (κ3) is 4.19. The summed E-state index contributed by atoms with van der Waals surface area (Å²) >= 11 is 0. The Morgan fingerprint density at radius 3 is 2.48 bits per heavy atom. The van der Waals surface area contributed by atoms with Crippen molar-refractivity contribution in [2.24, 2.45) is 5.92 Å². The van der Waals surface area contributed by atoms with Crippen LogP contribution in [0.25, 0.3) is 0 Å². The molecule has 0 radical (unpaired) electrons. The molecule has 2 amide bonds. The van der Waals surface area contributed by atoms with Crippen LogP contribution in [0.4, 0.5) is 11.4 Å². The van der Waals surface area contributed by atoms with Crippen LogP contribution >= 0.6 is 0 Å². The first-order valence-electron chi connectivity index (χ1n) is 7.87. The van der Waals surface area contributed by atoms with Gasteiger partial charge in [-0.1, -0.05) is 36.4 Å². The molecule has 1 fully saturated rings. The van der Waals surface area contributed by atoms with Gasteiger partial charge in [-0.2, -0.15) is 0 Å². The summed E-state index contributed by atoms with van der Waals surface area (Å²) < 4.78 is 0. The van der Waals surface area contributed by atoms with Gasteiger partial charge in [-0.05, 0) is 43.0 Å². The van der Waals surface area contributed by atoms with Gasteiger partial charge in [0.1, 0.15) is 0 Å². The average molecular weight is 308 g/mol. The van der Waals surface area contributed by atoms with Crippen LogP contribution in [-0.2, 0) is 16.0 Å². The molecule has 0 heterocycles. The van der Waals surface area contributed by atoms with Gasteiger partial charge < -0.3 is 10.6 Å². The molecule has 1 aliphatic carbocycles. The fraction of sp³-hybridized carbons (Fsp3) is 0.263. The minimum Gasteiger partial charge on any atom is -0.326 e. The Labute approximate surface area is 135 Å². The van der Waals surface area contributed by atoms with Crippen LogP contribution < -0.4 is 10.6 Å². The van der Waals surface area contributed by atoms with E-state index in [1.807, 2.05) is 55.5 Å². The molecule has 0 spiro atoms. The highest BCUT2D eigenvalue weighted by Crippen LogP contribution is 2.31. The minimum atomic E-state index is -0.0699. The zero-order valence-electron chi connectivity index (χ0n) is 13.1. The zero-order chi connectivity index (χ0) is 16.2. The van der Waals surface area contributed by atoms with Gasteiger partial charge in [-0.3, -0.25) is 9.59 Å². The van der Waals surface area contributed by atoms with Gasteiger partial charge in [0.15, 0.2) is 0 Å². The topological polar surface area (TPSA) is 58.2 Å². The molecule has 0 saturated heterocycles. The van der Waals surface area contributed by atoms with Crippen molar-refractivity contribution in [3.63, 3.8) is 0 Å². The Kier molecular flexibility index (Phi) is 4.42. The van der Waals surface area contributed by atoms with E-state index in [9.17, 15) is 9.59 Å². The highest BCUT2D eigenvalue weighted by Gasteiger charge is 2.29. The smallest absolute Gasteiger partial charge is 0.228 e. The van der Waals surface area contributed by atoms with E-state index in [0.717, 1.165) is 29.7 Å². The number of hydrogen-bond acceptors (Lipinski definition) is 2. The average Bonchev–Trinajstić information content (AvgIpc) is 3.36. The third-order valence-corrected chi connectivity index (χ3v) is 3.93. The summed E-state index contributed by atoms with van der Waals surface area (Å²) in [4.78, 5) is 24.0. The van der Waals surface area contributed by atoms with Gasteiger partial charge in [0, 0.05) is 17.3 Å². The van der Waals surface area contributed by atoms with Crippen molar-refractivity contribution in [2.45, 2.75) is 26.2 Å². The van der Waals surface area contributed by atoms with Crippen molar-refractivity contribution in [1.29, 1.82) is 0 Å². The number of rotatable bonds is 5. The lowest BCUT2D eigenvalue weighted by atomic mass is 10.1. The molecule has 4 heteroatoms. The van der Waals surface area contributed by atoms with Crippen molar-refractivity contribution in [3.05, 3.63) is 59.7 Å².